The van der Waals surface area contributed by atoms with E-state index in [2.05, 4.69) is 20.3 Å². The maximum absolute atomic E-state index is 13.7. The van der Waals surface area contributed by atoms with Gasteiger partial charge in [-0.1, -0.05) is 30.3 Å². The Morgan fingerprint density at radius 3 is 2.62 bits per heavy atom. The summed E-state index contributed by atoms with van der Waals surface area (Å²) in [6.45, 7) is 5.65. The predicted octanol–water partition coefficient (Wildman–Crippen LogP) is 4.00. The van der Waals surface area contributed by atoms with Crippen LogP contribution in [-0.4, -0.2) is 34.1 Å². The highest BCUT2D eigenvalue weighted by atomic mass is 19.1. The van der Waals surface area contributed by atoms with Crippen LogP contribution in [0.5, 0.6) is 11.5 Å². The predicted molar refractivity (Wildman–Crippen MR) is 117 cm³/mol. The van der Waals surface area contributed by atoms with Gasteiger partial charge in [0.2, 0.25) is 5.91 Å². The fourth-order valence-electron chi connectivity index (χ4n) is 4.20. The third kappa shape index (κ3) is 4.00. The standard InChI is InChI=1S/C24H25FN4O3/c1-14-21(13-26-16(3)28-14)32-15(2)24(17-8-6-5-7-9-17)11-18(24)23(30)29-22-10-20(31-4)19(25)12-27-22/h5-10,12-13,15,18H,11H2,1-4H3,(H,27,29,30)/t15?,18-,24+/m0/s1. The molecule has 166 valence electrons. The minimum atomic E-state index is -0.590. The Labute approximate surface area is 186 Å². The van der Waals surface area contributed by atoms with Crippen molar-refractivity contribution in [1.29, 1.82) is 0 Å². The molecule has 0 bridgehead atoms. The lowest BCUT2D eigenvalue weighted by molar-refractivity contribution is -0.118. The van der Waals surface area contributed by atoms with Gasteiger partial charge < -0.3 is 14.8 Å². The number of anilines is 1. The zero-order valence-corrected chi connectivity index (χ0v) is 18.4. The minimum absolute atomic E-state index is 0.0203. The average molecular weight is 436 g/mol. The summed E-state index contributed by atoms with van der Waals surface area (Å²) in [6.07, 6.45) is 2.98. The summed E-state index contributed by atoms with van der Waals surface area (Å²) in [5, 5.41) is 2.79. The number of amides is 1. The van der Waals surface area contributed by atoms with Gasteiger partial charge in [0, 0.05) is 11.5 Å². The van der Waals surface area contributed by atoms with Gasteiger partial charge in [-0.05, 0) is 32.8 Å². The van der Waals surface area contributed by atoms with Crippen molar-refractivity contribution in [1.82, 2.24) is 15.0 Å². The van der Waals surface area contributed by atoms with Gasteiger partial charge in [0.15, 0.2) is 17.3 Å². The molecule has 4 rings (SSSR count). The minimum Gasteiger partial charge on any atom is -0.493 e. The summed E-state index contributed by atoms with van der Waals surface area (Å²) in [4.78, 5) is 25.7. The first-order valence-electron chi connectivity index (χ1n) is 10.4. The van der Waals surface area contributed by atoms with E-state index < -0.39 is 11.2 Å². The molecule has 1 amide bonds. The number of pyridine rings is 1. The highest BCUT2D eigenvalue weighted by molar-refractivity contribution is 5.95. The summed E-state index contributed by atoms with van der Waals surface area (Å²) >= 11 is 0. The topological polar surface area (TPSA) is 86.2 Å². The molecule has 1 saturated carbocycles. The number of nitrogens with one attached hydrogen (secondary N) is 1. The van der Waals surface area contributed by atoms with Gasteiger partial charge in [-0.25, -0.2) is 19.3 Å². The van der Waals surface area contributed by atoms with Crippen molar-refractivity contribution < 1.29 is 18.7 Å². The van der Waals surface area contributed by atoms with Gasteiger partial charge in [-0.3, -0.25) is 4.79 Å². The summed E-state index contributed by atoms with van der Waals surface area (Å²) in [7, 11) is 1.36. The van der Waals surface area contributed by atoms with Gasteiger partial charge in [0.25, 0.3) is 0 Å². The third-order valence-electron chi connectivity index (χ3n) is 6.01. The number of ether oxygens (including phenoxy) is 2. The van der Waals surface area contributed by atoms with E-state index in [0.717, 1.165) is 17.5 Å². The molecule has 1 fully saturated rings. The van der Waals surface area contributed by atoms with Gasteiger partial charge in [-0.15, -0.1) is 0 Å². The number of methoxy groups -OCH3 is 1. The van der Waals surface area contributed by atoms with E-state index in [1.165, 1.54) is 13.2 Å². The molecule has 1 aliphatic rings. The Balaban J connectivity index is 1.59. The fourth-order valence-corrected chi connectivity index (χ4v) is 4.20. The largest absolute Gasteiger partial charge is 0.493 e. The molecule has 2 heterocycles. The smallest absolute Gasteiger partial charge is 0.229 e. The van der Waals surface area contributed by atoms with E-state index in [4.69, 9.17) is 9.47 Å². The average Bonchev–Trinajstić information content (AvgIpc) is 3.55. The Hall–Kier alpha value is -3.55. The number of carbonyl (C=O) groups excluding carboxylic acids is 1. The maximum Gasteiger partial charge on any atom is 0.229 e. The highest BCUT2D eigenvalue weighted by Crippen LogP contribution is 2.58. The van der Waals surface area contributed by atoms with E-state index in [1.807, 2.05) is 51.1 Å². The van der Waals surface area contributed by atoms with E-state index in [-0.39, 0.29) is 29.5 Å². The fraction of sp³-hybridized carbons (Fsp3) is 0.333. The molecule has 0 saturated heterocycles. The number of halogens is 1. The van der Waals surface area contributed by atoms with Gasteiger partial charge in [0.05, 0.1) is 31.1 Å². The molecular formula is C24H25FN4O3. The van der Waals surface area contributed by atoms with Crippen molar-refractivity contribution in [2.45, 2.75) is 38.7 Å². The number of aryl methyl sites for hydroxylation is 2. The van der Waals surface area contributed by atoms with E-state index in [1.54, 1.807) is 6.20 Å². The molecule has 1 unspecified atom stereocenters. The van der Waals surface area contributed by atoms with Gasteiger partial charge in [-0.2, -0.15) is 0 Å². The molecular weight excluding hydrogens is 411 g/mol. The second-order valence-corrected chi connectivity index (χ2v) is 7.98. The normalized spacial score (nSPS) is 20.3. The first kappa shape index (κ1) is 21.7. The first-order valence-corrected chi connectivity index (χ1v) is 10.4. The van der Waals surface area contributed by atoms with Crippen LogP contribution in [0.25, 0.3) is 0 Å². The molecule has 32 heavy (non-hydrogen) atoms. The van der Waals surface area contributed by atoms with Crippen LogP contribution >= 0.6 is 0 Å². The van der Waals surface area contributed by atoms with Crippen LogP contribution < -0.4 is 14.8 Å². The van der Waals surface area contributed by atoms with Crippen molar-refractivity contribution >= 4 is 11.7 Å². The Kier molecular flexibility index (Phi) is 5.78. The highest BCUT2D eigenvalue weighted by Gasteiger charge is 2.63. The molecule has 0 spiro atoms. The van der Waals surface area contributed by atoms with E-state index >= 15 is 0 Å². The quantitative estimate of drug-likeness (QED) is 0.603. The van der Waals surface area contributed by atoms with Crippen LogP contribution in [0.1, 0.15) is 30.4 Å². The number of rotatable bonds is 7. The molecule has 1 aromatic carbocycles. The molecule has 8 heteroatoms. The monoisotopic (exact) mass is 436 g/mol. The molecule has 1 aliphatic carbocycles. The van der Waals surface area contributed by atoms with Gasteiger partial charge in [0.1, 0.15) is 17.7 Å². The summed E-state index contributed by atoms with van der Waals surface area (Å²) in [5.41, 5.74) is 1.24. The lowest BCUT2D eigenvalue weighted by Gasteiger charge is -2.27. The zero-order valence-electron chi connectivity index (χ0n) is 18.4. The van der Waals surface area contributed by atoms with Crippen LogP contribution in [0.3, 0.4) is 0 Å². The second-order valence-electron chi connectivity index (χ2n) is 7.98. The van der Waals surface area contributed by atoms with Crippen LogP contribution in [0, 0.1) is 25.6 Å². The van der Waals surface area contributed by atoms with E-state index in [0.29, 0.717) is 18.0 Å². The van der Waals surface area contributed by atoms with Gasteiger partial charge >= 0.3 is 0 Å². The molecule has 7 nitrogen and oxygen atoms in total. The van der Waals surface area contributed by atoms with E-state index in [9.17, 15) is 9.18 Å². The number of benzene rings is 1. The van der Waals surface area contributed by atoms with Crippen molar-refractivity contribution in [3.8, 4) is 11.5 Å². The molecule has 3 atom stereocenters. The Morgan fingerprint density at radius 1 is 1.19 bits per heavy atom. The number of hydrogen-bond donors (Lipinski definition) is 1. The molecule has 0 radical (unpaired) electrons. The summed E-state index contributed by atoms with van der Waals surface area (Å²) in [5.74, 6) is 0.381. The SMILES string of the molecule is COc1cc(NC(=O)[C@@H]2C[C@]2(c2ccccc2)C(C)Oc2cnc(C)nc2C)ncc1F. The van der Waals surface area contributed by atoms with Crippen LogP contribution in [0.15, 0.2) is 48.8 Å². The lowest BCUT2D eigenvalue weighted by atomic mass is 9.87. The molecule has 0 aliphatic heterocycles. The van der Waals surface area contributed by atoms with Crippen molar-refractivity contribution in [3.63, 3.8) is 0 Å². The van der Waals surface area contributed by atoms with Crippen molar-refractivity contribution in [3.05, 3.63) is 71.7 Å². The van der Waals surface area contributed by atoms with Crippen LogP contribution in [0.2, 0.25) is 0 Å². The van der Waals surface area contributed by atoms with Crippen LogP contribution in [0.4, 0.5) is 10.2 Å². The lowest BCUT2D eigenvalue weighted by Crippen LogP contribution is -2.34. The number of aromatic nitrogens is 3. The number of carbonyl (C=O) groups is 1. The molecule has 2 aromatic heterocycles. The maximum atomic E-state index is 13.7. The first-order chi connectivity index (χ1) is 15.3. The molecule has 1 N–H and O–H groups in total. The third-order valence-corrected chi connectivity index (χ3v) is 6.01. The summed E-state index contributed by atoms with van der Waals surface area (Å²) in [6, 6.07) is 11.2. The second kappa shape index (κ2) is 8.53. The Bertz CT molecular complexity index is 1140. The summed E-state index contributed by atoms with van der Waals surface area (Å²) < 4.78 is 24.9. The molecule has 3 aromatic rings. The zero-order chi connectivity index (χ0) is 22.9. The van der Waals surface area contributed by atoms with Crippen molar-refractivity contribution in [2.24, 2.45) is 5.92 Å². The number of hydrogen-bond acceptors (Lipinski definition) is 6. The Morgan fingerprint density at radius 2 is 1.94 bits per heavy atom. The number of nitrogens with zero attached hydrogens (tertiary/aromatic N) is 3. The van der Waals surface area contributed by atoms with Crippen LogP contribution in [-0.2, 0) is 10.2 Å². The van der Waals surface area contributed by atoms with Crippen molar-refractivity contribution in [2.75, 3.05) is 12.4 Å².